The van der Waals surface area contributed by atoms with E-state index in [1.54, 1.807) is 9.80 Å². The highest BCUT2D eigenvalue weighted by molar-refractivity contribution is 5.96. The monoisotopic (exact) mass is 477 g/mol. The minimum absolute atomic E-state index is 0.0119. The van der Waals surface area contributed by atoms with Gasteiger partial charge in [-0.3, -0.25) is 9.59 Å². The first-order chi connectivity index (χ1) is 17.0. The van der Waals surface area contributed by atoms with Gasteiger partial charge in [-0.05, 0) is 37.0 Å². The SMILES string of the molecule is CCCCNC(=O)N1CCC2(CC1)C(=O)N(CC(=O)NCc1ccccc1)CN2c1ccccc1. The number of amides is 4. The Morgan fingerprint density at radius 3 is 2.26 bits per heavy atom. The third kappa shape index (κ3) is 5.58. The molecule has 2 fully saturated rings. The fourth-order valence-electron chi connectivity index (χ4n) is 4.91. The van der Waals surface area contributed by atoms with Crippen LogP contribution in [-0.4, -0.2) is 66.0 Å². The first-order valence-electron chi connectivity index (χ1n) is 12.5. The van der Waals surface area contributed by atoms with Crippen molar-refractivity contribution in [3.8, 4) is 0 Å². The van der Waals surface area contributed by atoms with Gasteiger partial charge in [-0.1, -0.05) is 61.9 Å². The van der Waals surface area contributed by atoms with Crippen molar-refractivity contribution in [2.24, 2.45) is 0 Å². The summed E-state index contributed by atoms with van der Waals surface area (Å²) in [4.78, 5) is 44.6. The maximum Gasteiger partial charge on any atom is 0.317 e. The van der Waals surface area contributed by atoms with Gasteiger partial charge in [-0.25, -0.2) is 4.79 Å². The molecule has 2 heterocycles. The van der Waals surface area contributed by atoms with Gasteiger partial charge >= 0.3 is 6.03 Å². The van der Waals surface area contributed by atoms with Crippen LogP contribution in [0.4, 0.5) is 10.5 Å². The highest BCUT2D eigenvalue weighted by Crippen LogP contribution is 2.39. The predicted molar refractivity (Wildman–Crippen MR) is 136 cm³/mol. The largest absolute Gasteiger partial charge is 0.350 e. The summed E-state index contributed by atoms with van der Waals surface area (Å²) >= 11 is 0. The van der Waals surface area contributed by atoms with Crippen molar-refractivity contribution in [1.82, 2.24) is 20.4 Å². The van der Waals surface area contributed by atoms with Crippen molar-refractivity contribution in [2.75, 3.05) is 37.7 Å². The normalized spacial score (nSPS) is 17.1. The summed E-state index contributed by atoms with van der Waals surface area (Å²) in [6.07, 6.45) is 3.04. The Morgan fingerprint density at radius 2 is 1.60 bits per heavy atom. The van der Waals surface area contributed by atoms with E-state index in [0.717, 1.165) is 24.1 Å². The molecule has 8 heteroatoms. The first kappa shape index (κ1) is 24.6. The van der Waals surface area contributed by atoms with Crippen LogP contribution in [0.25, 0.3) is 0 Å². The molecule has 1 spiro atoms. The zero-order valence-corrected chi connectivity index (χ0v) is 20.4. The maximum atomic E-state index is 13.7. The Kier molecular flexibility index (Phi) is 7.90. The van der Waals surface area contributed by atoms with E-state index in [0.29, 0.717) is 45.7 Å². The minimum Gasteiger partial charge on any atom is -0.350 e. The Morgan fingerprint density at radius 1 is 0.943 bits per heavy atom. The third-order valence-electron chi connectivity index (χ3n) is 6.93. The number of piperidine rings is 1. The molecule has 2 aromatic carbocycles. The average Bonchev–Trinajstić information content (AvgIpc) is 3.15. The topological polar surface area (TPSA) is 85.0 Å². The van der Waals surface area contributed by atoms with E-state index in [1.165, 1.54) is 0 Å². The van der Waals surface area contributed by atoms with Gasteiger partial charge in [0.1, 0.15) is 12.1 Å². The standard InChI is InChI=1S/C27H35N5O3/c1-2-3-16-28-26(35)30-17-14-27(15-18-30)25(34)31(21-32(27)23-12-8-5-9-13-23)20-24(33)29-19-22-10-6-4-7-11-22/h4-13H,2-3,14-21H2,1H3,(H,28,35)(H,29,33). The van der Waals surface area contributed by atoms with Crippen LogP contribution < -0.4 is 15.5 Å². The molecule has 4 rings (SSSR count). The lowest BCUT2D eigenvalue weighted by Crippen LogP contribution is -2.58. The van der Waals surface area contributed by atoms with Crippen LogP contribution >= 0.6 is 0 Å². The van der Waals surface area contributed by atoms with Crippen molar-refractivity contribution in [1.29, 1.82) is 0 Å². The van der Waals surface area contributed by atoms with E-state index in [-0.39, 0.29) is 24.4 Å². The van der Waals surface area contributed by atoms with Crippen LogP contribution in [-0.2, 0) is 16.1 Å². The van der Waals surface area contributed by atoms with Gasteiger partial charge in [0.05, 0.1) is 6.67 Å². The van der Waals surface area contributed by atoms with Crippen LogP contribution in [0.15, 0.2) is 60.7 Å². The number of nitrogens with one attached hydrogen (secondary N) is 2. The van der Waals surface area contributed by atoms with Gasteiger partial charge in [-0.2, -0.15) is 0 Å². The molecule has 8 nitrogen and oxygen atoms in total. The number of para-hydroxylation sites is 1. The Labute approximate surface area is 207 Å². The van der Waals surface area contributed by atoms with Crippen molar-refractivity contribution in [2.45, 2.75) is 44.7 Å². The Bertz CT molecular complexity index is 1010. The van der Waals surface area contributed by atoms with E-state index in [4.69, 9.17) is 0 Å². The number of carbonyl (C=O) groups is 3. The average molecular weight is 478 g/mol. The quantitative estimate of drug-likeness (QED) is 0.573. The number of benzene rings is 2. The van der Waals surface area contributed by atoms with Crippen LogP contribution in [0.1, 0.15) is 38.2 Å². The predicted octanol–water partition coefficient (Wildman–Crippen LogP) is 2.95. The number of urea groups is 1. The lowest BCUT2D eigenvalue weighted by molar-refractivity contribution is -0.137. The number of nitrogens with zero attached hydrogens (tertiary/aromatic N) is 3. The highest BCUT2D eigenvalue weighted by atomic mass is 16.2. The smallest absolute Gasteiger partial charge is 0.317 e. The van der Waals surface area contributed by atoms with E-state index < -0.39 is 5.54 Å². The second-order valence-electron chi connectivity index (χ2n) is 9.27. The molecule has 2 N–H and O–H groups in total. The molecule has 0 aromatic heterocycles. The fourth-order valence-corrected chi connectivity index (χ4v) is 4.91. The molecule has 186 valence electrons. The number of carbonyl (C=O) groups excluding carboxylic acids is 3. The summed E-state index contributed by atoms with van der Waals surface area (Å²) < 4.78 is 0. The second kappa shape index (κ2) is 11.3. The van der Waals surface area contributed by atoms with E-state index in [1.807, 2.05) is 60.7 Å². The van der Waals surface area contributed by atoms with Gasteiger partial charge in [0.2, 0.25) is 5.91 Å². The number of unbranched alkanes of at least 4 members (excludes halogenated alkanes) is 1. The Hall–Kier alpha value is -3.55. The Balaban J connectivity index is 1.44. The van der Waals surface area contributed by atoms with Crippen molar-refractivity contribution >= 4 is 23.5 Å². The molecule has 0 bridgehead atoms. The maximum absolute atomic E-state index is 13.7. The number of likely N-dealkylation sites (tertiary alicyclic amines) is 1. The summed E-state index contributed by atoms with van der Waals surface area (Å²) in [5, 5.41) is 5.90. The van der Waals surface area contributed by atoms with Crippen LogP contribution in [0.2, 0.25) is 0 Å². The number of anilines is 1. The molecule has 2 aliphatic heterocycles. The summed E-state index contributed by atoms with van der Waals surface area (Å²) in [6.45, 7) is 4.55. The molecular weight excluding hydrogens is 442 g/mol. The van der Waals surface area contributed by atoms with Crippen molar-refractivity contribution in [3.05, 3.63) is 66.2 Å². The van der Waals surface area contributed by atoms with Crippen LogP contribution in [0.5, 0.6) is 0 Å². The van der Waals surface area contributed by atoms with Gasteiger partial charge in [0.15, 0.2) is 0 Å². The molecule has 0 radical (unpaired) electrons. The van der Waals surface area contributed by atoms with Crippen molar-refractivity contribution < 1.29 is 14.4 Å². The lowest BCUT2D eigenvalue weighted by Gasteiger charge is -2.43. The molecular formula is C27H35N5O3. The number of hydrogen-bond acceptors (Lipinski definition) is 4. The van der Waals surface area contributed by atoms with E-state index in [9.17, 15) is 14.4 Å². The third-order valence-corrected chi connectivity index (χ3v) is 6.93. The van der Waals surface area contributed by atoms with Gasteiger partial charge in [0.25, 0.3) is 5.91 Å². The molecule has 2 saturated heterocycles. The molecule has 0 aliphatic carbocycles. The summed E-state index contributed by atoms with van der Waals surface area (Å²) in [5.74, 6) is -0.220. The van der Waals surface area contributed by atoms with Gasteiger partial charge in [-0.15, -0.1) is 0 Å². The molecule has 0 atom stereocenters. The van der Waals surface area contributed by atoms with Gasteiger partial charge in [0, 0.05) is 31.9 Å². The van der Waals surface area contributed by atoms with Gasteiger partial charge < -0.3 is 25.3 Å². The fraction of sp³-hybridized carbons (Fsp3) is 0.444. The minimum atomic E-state index is -0.749. The van der Waals surface area contributed by atoms with Crippen molar-refractivity contribution in [3.63, 3.8) is 0 Å². The van der Waals surface area contributed by atoms with Crippen LogP contribution in [0, 0.1) is 0 Å². The molecule has 2 aliphatic rings. The molecule has 4 amide bonds. The zero-order valence-electron chi connectivity index (χ0n) is 20.4. The zero-order chi connectivity index (χ0) is 24.7. The summed E-state index contributed by atoms with van der Waals surface area (Å²) in [6, 6.07) is 19.5. The first-order valence-corrected chi connectivity index (χ1v) is 12.5. The number of rotatable bonds is 8. The van der Waals surface area contributed by atoms with Crippen LogP contribution in [0.3, 0.4) is 0 Å². The number of hydrogen-bond donors (Lipinski definition) is 2. The molecule has 35 heavy (non-hydrogen) atoms. The van der Waals surface area contributed by atoms with E-state index >= 15 is 0 Å². The summed E-state index contributed by atoms with van der Waals surface area (Å²) in [7, 11) is 0. The molecule has 2 aromatic rings. The lowest BCUT2D eigenvalue weighted by atomic mass is 9.85. The van der Waals surface area contributed by atoms with E-state index in [2.05, 4.69) is 22.5 Å². The second-order valence-corrected chi connectivity index (χ2v) is 9.27. The molecule has 0 unspecified atom stereocenters. The highest BCUT2D eigenvalue weighted by Gasteiger charge is 2.54. The summed E-state index contributed by atoms with van der Waals surface area (Å²) in [5.41, 5.74) is 1.22. The molecule has 0 saturated carbocycles.